The number of pyridine rings is 2. The van der Waals surface area contributed by atoms with E-state index in [2.05, 4.69) is 25.3 Å². The third kappa shape index (κ3) is 5.55. The Balaban J connectivity index is 1.57. The Morgan fingerprint density at radius 3 is 2.37 bits per heavy atom. The third-order valence-corrected chi connectivity index (χ3v) is 6.27. The van der Waals surface area contributed by atoms with Gasteiger partial charge in [0, 0.05) is 24.8 Å². The van der Waals surface area contributed by atoms with Crippen LogP contribution in [0.2, 0.25) is 0 Å². The molecule has 1 amide bonds. The van der Waals surface area contributed by atoms with E-state index in [1.807, 2.05) is 0 Å². The zero-order chi connectivity index (χ0) is 28.0. The highest BCUT2D eigenvalue weighted by Gasteiger charge is 2.42. The van der Waals surface area contributed by atoms with Crippen LogP contribution in [0.1, 0.15) is 53.2 Å². The van der Waals surface area contributed by atoms with Gasteiger partial charge in [0.15, 0.2) is 23.0 Å². The van der Waals surface area contributed by atoms with Gasteiger partial charge in [-0.15, -0.1) is 0 Å². The van der Waals surface area contributed by atoms with Crippen molar-refractivity contribution >= 4 is 22.8 Å². The van der Waals surface area contributed by atoms with Gasteiger partial charge in [0.1, 0.15) is 5.82 Å². The molecule has 3 aromatic heterocycles. The van der Waals surface area contributed by atoms with Crippen molar-refractivity contribution in [1.29, 1.82) is 0 Å². The molecule has 3 aromatic rings. The minimum atomic E-state index is -4.92. The first kappa shape index (κ1) is 27.3. The van der Waals surface area contributed by atoms with Crippen LogP contribution >= 0.6 is 0 Å². The molecule has 1 fully saturated rings. The van der Waals surface area contributed by atoms with E-state index in [9.17, 15) is 40.3 Å². The van der Waals surface area contributed by atoms with Crippen LogP contribution in [-0.2, 0) is 6.18 Å². The summed E-state index contributed by atoms with van der Waals surface area (Å²) in [6, 6.07) is 0.532. The number of anilines is 1. The summed E-state index contributed by atoms with van der Waals surface area (Å²) in [6.07, 6.45) is -8.85. The Kier molecular flexibility index (Phi) is 7.05. The number of rotatable bonds is 4. The molecule has 1 aliphatic heterocycles. The first-order valence-electron chi connectivity index (χ1n) is 11.4. The number of nitrogens with one attached hydrogen (secondary N) is 2. The van der Waals surface area contributed by atoms with Crippen molar-refractivity contribution < 1.29 is 35.5 Å². The molecule has 204 valence electrons. The van der Waals surface area contributed by atoms with Crippen molar-refractivity contribution in [2.45, 2.75) is 45.1 Å². The first-order valence-corrected chi connectivity index (χ1v) is 11.4. The number of hydrogen-bond donors (Lipinski definition) is 2. The number of fused-ring (bicyclic) bond motifs is 1. The highest BCUT2D eigenvalue weighted by molar-refractivity contribution is 5.94. The molecule has 0 aromatic carbocycles. The number of aromatic nitrogens is 4. The number of amides is 1. The van der Waals surface area contributed by atoms with E-state index in [1.54, 1.807) is 0 Å². The lowest BCUT2D eigenvalue weighted by atomic mass is 9.96. The van der Waals surface area contributed by atoms with Gasteiger partial charge in [0.25, 0.3) is 11.5 Å². The maximum absolute atomic E-state index is 14.8. The number of alkyl halides is 6. The van der Waals surface area contributed by atoms with Crippen LogP contribution in [-0.4, -0.2) is 50.0 Å². The number of hydrogen-bond acceptors (Lipinski definition) is 6. The number of likely N-dealkylation sites (tertiary alicyclic amines) is 1. The van der Waals surface area contributed by atoms with Crippen LogP contribution < -0.4 is 10.9 Å². The maximum Gasteiger partial charge on any atom is 0.433 e. The third-order valence-electron chi connectivity index (χ3n) is 6.27. The van der Waals surface area contributed by atoms with Gasteiger partial charge in [-0.05, 0) is 38.8 Å². The van der Waals surface area contributed by atoms with E-state index in [4.69, 9.17) is 0 Å². The number of aryl methyl sites for hydroxylation is 1. The minimum absolute atomic E-state index is 0.0766. The average Bonchev–Trinajstić information content (AvgIpc) is 2.83. The van der Waals surface area contributed by atoms with Gasteiger partial charge >= 0.3 is 12.4 Å². The number of H-pyrrole nitrogens is 1. The summed E-state index contributed by atoms with van der Waals surface area (Å²) in [7, 11) is 0. The second-order valence-corrected chi connectivity index (χ2v) is 8.98. The number of carbonyl (C=O) groups excluding carboxylic acids is 1. The van der Waals surface area contributed by atoms with E-state index in [0.717, 1.165) is 23.2 Å². The fourth-order valence-electron chi connectivity index (χ4n) is 4.28. The number of aromatic amines is 1. The van der Waals surface area contributed by atoms with Crippen LogP contribution in [0.4, 0.5) is 36.6 Å². The van der Waals surface area contributed by atoms with Gasteiger partial charge in [-0.3, -0.25) is 9.59 Å². The Labute approximate surface area is 210 Å². The van der Waals surface area contributed by atoms with Gasteiger partial charge in [0.05, 0.1) is 22.9 Å². The molecular formula is C23H21F7N6O2. The van der Waals surface area contributed by atoms with E-state index < -0.39 is 64.3 Å². The normalized spacial score (nSPS) is 16.1. The second kappa shape index (κ2) is 9.83. The number of piperidine rings is 1. The number of nitrogens with zero attached hydrogens (tertiary/aromatic N) is 4. The zero-order valence-corrected chi connectivity index (χ0v) is 20.0. The molecule has 8 nitrogen and oxygen atoms in total. The van der Waals surface area contributed by atoms with Crippen molar-refractivity contribution in [2.24, 2.45) is 5.92 Å². The molecule has 15 heteroatoms. The van der Waals surface area contributed by atoms with E-state index in [0.29, 0.717) is 0 Å². The van der Waals surface area contributed by atoms with E-state index in [-0.39, 0.29) is 42.7 Å². The molecule has 1 saturated heterocycles. The van der Waals surface area contributed by atoms with Crippen LogP contribution in [0, 0.1) is 18.7 Å². The van der Waals surface area contributed by atoms with Gasteiger partial charge in [-0.2, -0.15) is 26.3 Å². The summed E-state index contributed by atoms with van der Waals surface area (Å²) in [5.74, 6) is -3.69. The van der Waals surface area contributed by atoms with Gasteiger partial charge < -0.3 is 15.2 Å². The Morgan fingerprint density at radius 2 is 1.79 bits per heavy atom. The second-order valence-electron chi connectivity index (χ2n) is 8.98. The van der Waals surface area contributed by atoms with Crippen molar-refractivity contribution in [2.75, 3.05) is 18.4 Å². The largest absolute Gasteiger partial charge is 0.433 e. The lowest BCUT2D eigenvalue weighted by molar-refractivity contribution is -0.183. The predicted molar refractivity (Wildman–Crippen MR) is 121 cm³/mol. The van der Waals surface area contributed by atoms with Crippen molar-refractivity contribution in [3.63, 3.8) is 0 Å². The predicted octanol–water partition coefficient (Wildman–Crippen LogP) is 4.77. The summed E-state index contributed by atoms with van der Waals surface area (Å²) in [5, 5.41) is 2.30. The fourth-order valence-corrected chi connectivity index (χ4v) is 4.28. The Bertz CT molecular complexity index is 1430. The average molecular weight is 546 g/mol. The molecule has 2 N–H and O–H groups in total. The molecule has 4 rings (SSSR count). The summed E-state index contributed by atoms with van der Waals surface area (Å²) < 4.78 is 94.7. The first-order chi connectivity index (χ1) is 17.6. The van der Waals surface area contributed by atoms with Crippen LogP contribution in [0.5, 0.6) is 0 Å². The molecule has 0 radical (unpaired) electrons. The fraction of sp³-hybridized carbons (Fsp3) is 0.435. The molecule has 0 spiro atoms. The maximum atomic E-state index is 14.8. The minimum Gasteiger partial charge on any atom is -0.361 e. The molecular weight excluding hydrogens is 525 g/mol. The van der Waals surface area contributed by atoms with Gasteiger partial charge in [-0.25, -0.2) is 19.3 Å². The molecule has 4 heterocycles. The molecule has 0 aliphatic carbocycles. The highest BCUT2D eigenvalue weighted by Crippen LogP contribution is 2.36. The number of halogens is 7. The van der Waals surface area contributed by atoms with Gasteiger partial charge in [-0.1, -0.05) is 0 Å². The van der Waals surface area contributed by atoms with Crippen molar-refractivity contribution in [3.8, 4) is 0 Å². The SMILES string of the molecule is Cc1nc2nc(C(F)(F)F)c([C@H](C)Nc3ncc(C(=O)N4CCC(C(F)(F)F)CC4)cc3F)cc2c(=O)[nH]1. The summed E-state index contributed by atoms with van der Waals surface area (Å²) in [6.45, 7) is 2.34. The molecule has 0 saturated carbocycles. The van der Waals surface area contributed by atoms with Crippen molar-refractivity contribution in [3.05, 3.63) is 57.1 Å². The van der Waals surface area contributed by atoms with E-state index >= 15 is 0 Å². The monoisotopic (exact) mass is 546 g/mol. The molecule has 1 atom stereocenters. The lowest BCUT2D eigenvalue weighted by Crippen LogP contribution is -2.42. The van der Waals surface area contributed by atoms with E-state index in [1.165, 1.54) is 13.8 Å². The van der Waals surface area contributed by atoms with Crippen molar-refractivity contribution in [1.82, 2.24) is 24.8 Å². The summed E-state index contributed by atoms with van der Waals surface area (Å²) >= 11 is 0. The molecule has 1 aliphatic rings. The molecule has 38 heavy (non-hydrogen) atoms. The number of carbonyl (C=O) groups is 1. The standard InChI is InChI=1S/C23H21F7N6O2/c1-10(14-8-15-18(33-11(2)34-20(15)37)35-17(14)23(28,29)30)32-19-16(24)7-12(9-31-19)21(38)36-5-3-13(4-6-36)22(25,26)27/h7-10,13H,3-6H2,1-2H3,(H,31,32)(H,33,34,35,37)/t10-/m0/s1. The Morgan fingerprint density at radius 1 is 1.13 bits per heavy atom. The molecule has 0 unspecified atom stereocenters. The lowest BCUT2D eigenvalue weighted by Gasteiger charge is -2.32. The smallest absolute Gasteiger partial charge is 0.361 e. The Hall–Kier alpha value is -3.78. The summed E-state index contributed by atoms with van der Waals surface area (Å²) in [5.41, 5.74) is -3.11. The molecule has 0 bridgehead atoms. The van der Waals surface area contributed by atoms with Gasteiger partial charge in [0.2, 0.25) is 0 Å². The van der Waals surface area contributed by atoms with Crippen LogP contribution in [0.15, 0.2) is 23.1 Å². The van der Waals surface area contributed by atoms with Crippen LogP contribution in [0.3, 0.4) is 0 Å². The quantitative estimate of drug-likeness (QED) is 0.457. The zero-order valence-electron chi connectivity index (χ0n) is 20.0. The van der Waals surface area contributed by atoms with Crippen LogP contribution in [0.25, 0.3) is 11.0 Å². The summed E-state index contributed by atoms with van der Waals surface area (Å²) in [4.78, 5) is 39.6. The highest BCUT2D eigenvalue weighted by atomic mass is 19.4. The topological polar surface area (TPSA) is 104 Å².